The van der Waals surface area contributed by atoms with Crippen LogP contribution >= 0.6 is 23.2 Å². The number of nitro benzene ring substituents is 1. The molecule has 2 aliphatic rings. The first kappa shape index (κ1) is 15.9. The highest BCUT2D eigenvalue weighted by atomic mass is 35.5. The molecule has 0 unspecified atom stereocenters. The monoisotopic (exact) mass is 342 g/mol. The van der Waals surface area contributed by atoms with Crippen molar-refractivity contribution in [3.8, 4) is 0 Å². The Kier molecular flexibility index (Phi) is 3.61. The summed E-state index contributed by atoms with van der Waals surface area (Å²) < 4.78 is 0. The van der Waals surface area contributed by atoms with E-state index in [0.29, 0.717) is 15.7 Å². The molecule has 4 nitrogen and oxygen atoms in total. The minimum absolute atomic E-state index is 0.0448. The molecule has 1 aromatic carbocycles. The van der Waals surface area contributed by atoms with Gasteiger partial charge in [-0.05, 0) is 36.2 Å². The standard InChI is InChI=1S/C16H20Cl2N2O2/c1-15(2)6-10-7-16(3,8-15)9-19(10)14-12(20(21)22)5-4-11(17)13(14)18/h4-5,10H,6-9H2,1-3H3/t10-,16+/m1/s1. The van der Waals surface area contributed by atoms with Crippen molar-refractivity contribution in [1.29, 1.82) is 0 Å². The number of hydrogen-bond donors (Lipinski definition) is 0. The average Bonchev–Trinajstić information content (AvgIpc) is 2.61. The molecule has 1 aliphatic carbocycles. The summed E-state index contributed by atoms with van der Waals surface area (Å²) in [5.74, 6) is 0. The molecule has 3 rings (SSSR count). The lowest BCUT2D eigenvalue weighted by Crippen LogP contribution is -2.35. The third-order valence-electron chi connectivity index (χ3n) is 4.95. The average molecular weight is 343 g/mol. The molecule has 120 valence electrons. The Morgan fingerprint density at radius 3 is 2.59 bits per heavy atom. The fraction of sp³-hybridized carbons (Fsp3) is 0.625. The molecule has 1 aromatic rings. The molecule has 0 spiro atoms. The van der Waals surface area contributed by atoms with Crippen LogP contribution in [0.3, 0.4) is 0 Å². The van der Waals surface area contributed by atoms with Gasteiger partial charge in [-0.25, -0.2) is 0 Å². The molecule has 2 atom stereocenters. The van der Waals surface area contributed by atoms with E-state index in [2.05, 4.69) is 25.7 Å². The van der Waals surface area contributed by atoms with E-state index < -0.39 is 0 Å². The SMILES string of the molecule is CC1(C)C[C@@H]2C[C@](C)(CN2c2c([N+](=O)[O-])ccc(Cl)c2Cl)C1. The number of rotatable bonds is 2. The van der Waals surface area contributed by atoms with Crippen LogP contribution in [0.25, 0.3) is 0 Å². The summed E-state index contributed by atoms with van der Waals surface area (Å²) >= 11 is 12.5. The second-order valence-electron chi connectivity index (χ2n) is 7.83. The first-order chi connectivity index (χ1) is 10.1. The normalized spacial score (nSPS) is 29.7. The lowest BCUT2D eigenvalue weighted by Gasteiger charge is -2.39. The largest absolute Gasteiger partial charge is 0.361 e. The van der Waals surface area contributed by atoms with E-state index in [4.69, 9.17) is 23.2 Å². The van der Waals surface area contributed by atoms with Gasteiger partial charge in [0.1, 0.15) is 5.69 Å². The molecule has 22 heavy (non-hydrogen) atoms. The molecule has 1 heterocycles. The topological polar surface area (TPSA) is 46.4 Å². The molecule has 0 radical (unpaired) electrons. The fourth-order valence-electron chi connectivity index (χ4n) is 4.67. The summed E-state index contributed by atoms with van der Waals surface area (Å²) in [6, 6.07) is 3.24. The molecule has 1 saturated carbocycles. The first-order valence-corrected chi connectivity index (χ1v) is 8.27. The zero-order chi connectivity index (χ0) is 16.3. The van der Waals surface area contributed by atoms with Crippen molar-refractivity contribution in [1.82, 2.24) is 0 Å². The van der Waals surface area contributed by atoms with E-state index in [9.17, 15) is 10.1 Å². The van der Waals surface area contributed by atoms with E-state index in [1.54, 1.807) is 0 Å². The zero-order valence-electron chi connectivity index (χ0n) is 13.0. The molecular formula is C16H20Cl2N2O2. The maximum absolute atomic E-state index is 11.4. The maximum Gasteiger partial charge on any atom is 0.294 e. The summed E-state index contributed by atoms with van der Waals surface area (Å²) in [6.45, 7) is 7.61. The van der Waals surface area contributed by atoms with E-state index in [1.807, 2.05) is 0 Å². The Labute approximate surface area is 140 Å². The van der Waals surface area contributed by atoms with Gasteiger partial charge < -0.3 is 4.90 Å². The van der Waals surface area contributed by atoms with Gasteiger partial charge in [0.15, 0.2) is 0 Å². The second kappa shape index (κ2) is 5.00. The third kappa shape index (κ3) is 2.56. The highest BCUT2D eigenvalue weighted by molar-refractivity contribution is 6.44. The molecule has 0 aromatic heterocycles. The maximum atomic E-state index is 11.4. The summed E-state index contributed by atoms with van der Waals surface area (Å²) in [5, 5.41) is 12.1. The Balaban J connectivity index is 2.09. The van der Waals surface area contributed by atoms with Crippen LogP contribution in [0.15, 0.2) is 12.1 Å². The molecule has 0 amide bonds. The number of nitro groups is 1. The van der Waals surface area contributed by atoms with Gasteiger partial charge >= 0.3 is 0 Å². The van der Waals surface area contributed by atoms with Gasteiger partial charge in [-0.2, -0.15) is 0 Å². The lowest BCUT2D eigenvalue weighted by atomic mass is 9.65. The van der Waals surface area contributed by atoms with Crippen molar-refractivity contribution >= 4 is 34.6 Å². The van der Waals surface area contributed by atoms with Crippen LogP contribution in [0.1, 0.15) is 40.0 Å². The molecule has 0 N–H and O–H groups in total. The predicted molar refractivity (Wildman–Crippen MR) is 90.0 cm³/mol. The zero-order valence-corrected chi connectivity index (χ0v) is 14.5. The van der Waals surface area contributed by atoms with Crippen molar-refractivity contribution in [2.24, 2.45) is 10.8 Å². The first-order valence-electron chi connectivity index (χ1n) is 7.51. The molecule has 2 bridgehead atoms. The van der Waals surface area contributed by atoms with Gasteiger partial charge in [0.25, 0.3) is 5.69 Å². The van der Waals surface area contributed by atoms with Gasteiger partial charge in [-0.15, -0.1) is 0 Å². The van der Waals surface area contributed by atoms with Crippen LogP contribution in [0.5, 0.6) is 0 Å². The second-order valence-corrected chi connectivity index (χ2v) is 8.61. The van der Waals surface area contributed by atoms with Crippen LogP contribution in [0.4, 0.5) is 11.4 Å². The minimum Gasteiger partial charge on any atom is -0.361 e. The van der Waals surface area contributed by atoms with E-state index in [-0.39, 0.29) is 27.5 Å². The van der Waals surface area contributed by atoms with E-state index in [1.165, 1.54) is 12.1 Å². The number of nitrogens with zero attached hydrogens (tertiary/aromatic N) is 2. The third-order valence-corrected chi connectivity index (χ3v) is 5.74. The fourth-order valence-corrected chi connectivity index (χ4v) is 5.09. The molecule has 6 heteroatoms. The van der Waals surface area contributed by atoms with Gasteiger partial charge in [-0.1, -0.05) is 44.0 Å². The van der Waals surface area contributed by atoms with Crippen LogP contribution in [0, 0.1) is 20.9 Å². The minimum atomic E-state index is -0.368. The Hall–Kier alpha value is -1.000. The molecule has 1 saturated heterocycles. The predicted octanol–water partition coefficient (Wildman–Crippen LogP) is 5.31. The number of fused-ring (bicyclic) bond motifs is 2. The van der Waals surface area contributed by atoms with Crippen LogP contribution in [0.2, 0.25) is 10.0 Å². The summed E-state index contributed by atoms with van der Waals surface area (Å²) in [6.07, 6.45) is 3.19. The summed E-state index contributed by atoms with van der Waals surface area (Å²) in [7, 11) is 0. The Morgan fingerprint density at radius 2 is 1.95 bits per heavy atom. The van der Waals surface area contributed by atoms with Gasteiger partial charge in [-0.3, -0.25) is 10.1 Å². The van der Waals surface area contributed by atoms with Crippen molar-refractivity contribution in [3.05, 3.63) is 32.3 Å². The van der Waals surface area contributed by atoms with Crippen molar-refractivity contribution in [2.45, 2.75) is 46.1 Å². The Bertz CT molecular complexity index is 647. The van der Waals surface area contributed by atoms with Gasteiger partial charge in [0.2, 0.25) is 0 Å². The van der Waals surface area contributed by atoms with Crippen molar-refractivity contribution < 1.29 is 4.92 Å². The molecule has 1 aliphatic heterocycles. The van der Waals surface area contributed by atoms with Gasteiger partial charge in [0.05, 0.1) is 15.0 Å². The summed E-state index contributed by atoms with van der Waals surface area (Å²) in [4.78, 5) is 13.2. The van der Waals surface area contributed by atoms with Crippen molar-refractivity contribution in [3.63, 3.8) is 0 Å². The highest BCUT2D eigenvalue weighted by Crippen LogP contribution is 2.55. The smallest absolute Gasteiger partial charge is 0.294 e. The lowest BCUT2D eigenvalue weighted by molar-refractivity contribution is -0.384. The number of anilines is 1. The quantitative estimate of drug-likeness (QED) is 0.540. The number of halogens is 2. The highest BCUT2D eigenvalue weighted by Gasteiger charge is 2.51. The van der Waals surface area contributed by atoms with E-state index in [0.717, 1.165) is 25.8 Å². The van der Waals surface area contributed by atoms with E-state index >= 15 is 0 Å². The van der Waals surface area contributed by atoms with Crippen LogP contribution in [-0.2, 0) is 0 Å². The molecule has 2 fully saturated rings. The van der Waals surface area contributed by atoms with Crippen LogP contribution in [-0.4, -0.2) is 17.5 Å². The Morgan fingerprint density at radius 1 is 1.27 bits per heavy atom. The molecular weight excluding hydrogens is 323 g/mol. The number of benzene rings is 1. The van der Waals surface area contributed by atoms with Gasteiger partial charge in [0, 0.05) is 18.7 Å². The summed E-state index contributed by atoms with van der Waals surface area (Å²) in [5.41, 5.74) is 0.951. The number of hydrogen-bond acceptors (Lipinski definition) is 3. The van der Waals surface area contributed by atoms with Crippen LogP contribution < -0.4 is 4.90 Å². The van der Waals surface area contributed by atoms with Crippen molar-refractivity contribution in [2.75, 3.05) is 11.4 Å².